The lowest BCUT2D eigenvalue weighted by atomic mass is 10.2. The molecule has 16 heavy (non-hydrogen) atoms. The van der Waals surface area contributed by atoms with Gasteiger partial charge in [0.25, 0.3) is 0 Å². The van der Waals surface area contributed by atoms with Crippen molar-refractivity contribution in [2.45, 2.75) is 32.6 Å². The maximum Gasteiger partial charge on any atom is 0.317 e. The molecule has 1 N–H and O–H groups in total. The first-order valence-corrected chi connectivity index (χ1v) is 6.45. The summed E-state index contributed by atoms with van der Waals surface area (Å²) in [7, 11) is 2.10. The van der Waals surface area contributed by atoms with Crippen LogP contribution in [0.1, 0.15) is 32.6 Å². The number of rotatable bonds is 5. The van der Waals surface area contributed by atoms with E-state index in [4.69, 9.17) is 0 Å². The third-order valence-electron chi connectivity index (χ3n) is 3.10. The van der Waals surface area contributed by atoms with Crippen molar-refractivity contribution in [2.75, 3.05) is 39.8 Å². The average molecular weight is 227 g/mol. The fourth-order valence-corrected chi connectivity index (χ4v) is 1.87. The summed E-state index contributed by atoms with van der Waals surface area (Å²) in [6, 6.07) is 0.115. The fraction of sp³-hybridized carbons (Fsp3) is 0.917. The highest BCUT2D eigenvalue weighted by molar-refractivity contribution is 5.74. The quantitative estimate of drug-likeness (QED) is 0.723. The molecule has 2 amide bonds. The molecule has 0 aromatic heterocycles. The van der Waals surface area contributed by atoms with Crippen LogP contribution in [0.5, 0.6) is 0 Å². The SMILES string of the molecule is CCCCCCNC(=O)N1CCN(C)CC1. The molecule has 0 aromatic rings. The molecule has 4 nitrogen and oxygen atoms in total. The molecule has 0 radical (unpaired) electrons. The van der Waals surface area contributed by atoms with Crippen molar-refractivity contribution in [1.82, 2.24) is 15.1 Å². The van der Waals surface area contributed by atoms with E-state index in [-0.39, 0.29) is 6.03 Å². The molecule has 1 heterocycles. The van der Waals surface area contributed by atoms with Crippen LogP contribution < -0.4 is 5.32 Å². The molecule has 1 aliphatic heterocycles. The molecule has 1 aliphatic rings. The number of carbonyl (C=O) groups is 1. The van der Waals surface area contributed by atoms with Crippen molar-refractivity contribution in [3.05, 3.63) is 0 Å². The maximum absolute atomic E-state index is 11.7. The normalized spacial score (nSPS) is 17.5. The van der Waals surface area contributed by atoms with Gasteiger partial charge < -0.3 is 15.1 Å². The Labute approximate surface area is 99.0 Å². The zero-order chi connectivity index (χ0) is 11.8. The second-order valence-corrected chi connectivity index (χ2v) is 4.58. The van der Waals surface area contributed by atoms with Gasteiger partial charge in [-0.25, -0.2) is 4.79 Å². The Bertz CT molecular complexity index is 200. The number of amides is 2. The van der Waals surface area contributed by atoms with Crippen molar-refractivity contribution in [2.24, 2.45) is 0 Å². The van der Waals surface area contributed by atoms with Gasteiger partial charge in [-0.05, 0) is 13.5 Å². The molecule has 4 heteroatoms. The second-order valence-electron chi connectivity index (χ2n) is 4.58. The van der Waals surface area contributed by atoms with Crippen LogP contribution in [0.4, 0.5) is 4.79 Å². The molecule has 0 bridgehead atoms. The summed E-state index contributed by atoms with van der Waals surface area (Å²) in [4.78, 5) is 15.9. The van der Waals surface area contributed by atoms with E-state index in [1.54, 1.807) is 0 Å². The molecular formula is C12H25N3O. The Morgan fingerprint density at radius 2 is 1.81 bits per heavy atom. The summed E-state index contributed by atoms with van der Waals surface area (Å²) in [5, 5.41) is 2.99. The van der Waals surface area contributed by atoms with Crippen molar-refractivity contribution in [3.63, 3.8) is 0 Å². The number of nitrogens with one attached hydrogen (secondary N) is 1. The Hall–Kier alpha value is -0.770. The van der Waals surface area contributed by atoms with E-state index in [1.165, 1.54) is 19.3 Å². The van der Waals surface area contributed by atoms with Crippen LogP contribution in [0.2, 0.25) is 0 Å². The number of piperazine rings is 1. The summed E-state index contributed by atoms with van der Waals surface area (Å²) in [5.41, 5.74) is 0. The molecule has 0 spiro atoms. The van der Waals surface area contributed by atoms with Crippen LogP contribution in [0, 0.1) is 0 Å². The molecular weight excluding hydrogens is 202 g/mol. The van der Waals surface area contributed by atoms with Gasteiger partial charge in [0, 0.05) is 32.7 Å². The minimum absolute atomic E-state index is 0.115. The van der Waals surface area contributed by atoms with Gasteiger partial charge in [0.2, 0.25) is 0 Å². The number of hydrogen-bond acceptors (Lipinski definition) is 2. The van der Waals surface area contributed by atoms with E-state index in [2.05, 4.69) is 24.2 Å². The van der Waals surface area contributed by atoms with Crippen molar-refractivity contribution in [3.8, 4) is 0 Å². The first-order valence-electron chi connectivity index (χ1n) is 6.45. The van der Waals surface area contributed by atoms with E-state index in [0.717, 1.165) is 39.1 Å². The number of unbranched alkanes of at least 4 members (excludes halogenated alkanes) is 3. The van der Waals surface area contributed by atoms with Gasteiger partial charge in [-0.2, -0.15) is 0 Å². The zero-order valence-electron chi connectivity index (χ0n) is 10.7. The fourth-order valence-electron chi connectivity index (χ4n) is 1.87. The van der Waals surface area contributed by atoms with Gasteiger partial charge in [-0.1, -0.05) is 26.2 Å². The molecule has 1 rings (SSSR count). The minimum atomic E-state index is 0.115. The third-order valence-corrected chi connectivity index (χ3v) is 3.10. The maximum atomic E-state index is 11.7. The summed E-state index contributed by atoms with van der Waals surface area (Å²) in [6.45, 7) is 6.72. The molecule has 0 unspecified atom stereocenters. The highest BCUT2D eigenvalue weighted by Crippen LogP contribution is 2.00. The third kappa shape index (κ3) is 4.84. The molecule has 0 aliphatic carbocycles. The van der Waals surface area contributed by atoms with E-state index < -0.39 is 0 Å². The van der Waals surface area contributed by atoms with E-state index >= 15 is 0 Å². The topological polar surface area (TPSA) is 35.6 Å². The van der Waals surface area contributed by atoms with Crippen molar-refractivity contribution >= 4 is 6.03 Å². The first kappa shape index (κ1) is 13.3. The lowest BCUT2D eigenvalue weighted by Crippen LogP contribution is -2.50. The molecule has 94 valence electrons. The number of carbonyl (C=O) groups excluding carboxylic acids is 1. The highest BCUT2D eigenvalue weighted by Gasteiger charge is 2.17. The Morgan fingerprint density at radius 1 is 1.12 bits per heavy atom. The van der Waals surface area contributed by atoms with Gasteiger partial charge in [0.15, 0.2) is 0 Å². The van der Waals surface area contributed by atoms with Crippen LogP contribution in [0.15, 0.2) is 0 Å². The first-order chi connectivity index (χ1) is 7.74. The smallest absolute Gasteiger partial charge is 0.317 e. The van der Waals surface area contributed by atoms with Crippen molar-refractivity contribution < 1.29 is 4.79 Å². The summed E-state index contributed by atoms with van der Waals surface area (Å²) < 4.78 is 0. The predicted octanol–water partition coefficient (Wildman–Crippen LogP) is 1.52. The lowest BCUT2D eigenvalue weighted by Gasteiger charge is -2.32. The summed E-state index contributed by atoms with van der Waals surface area (Å²) >= 11 is 0. The molecule has 0 aromatic carbocycles. The highest BCUT2D eigenvalue weighted by atomic mass is 16.2. The van der Waals surface area contributed by atoms with Crippen LogP contribution in [-0.2, 0) is 0 Å². The molecule has 0 atom stereocenters. The largest absolute Gasteiger partial charge is 0.338 e. The van der Waals surface area contributed by atoms with Crippen LogP contribution in [-0.4, -0.2) is 55.6 Å². The number of hydrogen-bond donors (Lipinski definition) is 1. The number of urea groups is 1. The minimum Gasteiger partial charge on any atom is -0.338 e. The number of nitrogens with zero attached hydrogens (tertiary/aromatic N) is 2. The Morgan fingerprint density at radius 3 is 2.44 bits per heavy atom. The molecule has 1 saturated heterocycles. The van der Waals surface area contributed by atoms with Crippen LogP contribution in [0.25, 0.3) is 0 Å². The molecule has 0 saturated carbocycles. The predicted molar refractivity (Wildman–Crippen MR) is 66.6 cm³/mol. The molecule has 1 fully saturated rings. The second kappa shape index (κ2) is 7.49. The Balaban J connectivity index is 2.06. The van der Waals surface area contributed by atoms with E-state index in [1.807, 2.05) is 4.90 Å². The van der Waals surface area contributed by atoms with Gasteiger partial charge in [-0.15, -0.1) is 0 Å². The lowest BCUT2D eigenvalue weighted by molar-refractivity contribution is 0.154. The standard InChI is InChI=1S/C12H25N3O/c1-3-4-5-6-7-13-12(16)15-10-8-14(2)9-11-15/h3-11H2,1-2H3,(H,13,16). The van der Waals surface area contributed by atoms with Crippen LogP contribution >= 0.6 is 0 Å². The summed E-state index contributed by atoms with van der Waals surface area (Å²) in [5.74, 6) is 0. The van der Waals surface area contributed by atoms with Gasteiger partial charge in [0.1, 0.15) is 0 Å². The average Bonchev–Trinajstić information content (AvgIpc) is 2.29. The van der Waals surface area contributed by atoms with E-state index in [0.29, 0.717) is 0 Å². The van der Waals surface area contributed by atoms with Gasteiger partial charge in [-0.3, -0.25) is 0 Å². The zero-order valence-corrected chi connectivity index (χ0v) is 10.7. The van der Waals surface area contributed by atoms with Gasteiger partial charge >= 0.3 is 6.03 Å². The monoisotopic (exact) mass is 227 g/mol. The van der Waals surface area contributed by atoms with Crippen molar-refractivity contribution in [1.29, 1.82) is 0 Å². The van der Waals surface area contributed by atoms with Crippen LogP contribution in [0.3, 0.4) is 0 Å². The van der Waals surface area contributed by atoms with E-state index in [9.17, 15) is 4.79 Å². The number of likely N-dealkylation sites (N-methyl/N-ethyl adjacent to an activating group) is 1. The van der Waals surface area contributed by atoms with Gasteiger partial charge in [0.05, 0.1) is 0 Å². The Kier molecular flexibility index (Phi) is 6.23. The summed E-state index contributed by atoms with van der Waals surface area (Å²) in [6.07, 6.45) is 4.84.